The minimum Gasteiger partial charge on any atom is -0.497 e. The van der Waals surface area contributed by atoms with Gasteiger partial charge < -0.3 is 14.0 Å². The van der Waals surface area contributed by atoms with Crippen LogP contribution in [0.5, 0.6) is 11.5 Å². The van der Waals surface area contributed by atoms with Gasteiger partial charge in [-0.2, -0.15) is 0 Å². The lowest BCUT2D eigenvalue weighted by atomic mass is 10.1. The normalized spacial score (nSPS) is 10.7. The molecule has 0 amide bonds. The number of hydrogen-bond donors (Lipinski definition) is 0. The Morgan fingerprint density at radius 2 is 1.91 bits per heavy atom. The number of aldehydes is 1. The average molecular weight is 309 g/mol. The van der Waals surface area contributed by atoms with Gasteiger partial charge in [0.25, 0.3) is 0 Å². The summed E-state index contributed by atoms with van der Waals surface area (Å²) in [6.07, 6.45) is 2.73. The van der Waals surface area contributed by atoms with Crippen molar-refractivity contribution in [1.29, 1.82) is 0 Å². The second kappa shape index (κ2) is 6.16. The van der Waals surface area contributed by atoms with E-state index in [4.69, 9.17) is 9.47 Å². The molecule has 2 aromatic carbocycles. The first-order valence-electron chi connectivity index (χ1n) is 7.42. The number of nitrogens with zero attached hydrogens (tertiary/aromatic N) is 1. The van der Waals surface area contributed by atoms with Crippen molar-refractivity contribution in [2.75, 3.05) is 14.2 Å². The van der Waals surface area contributed by atoms with Crippen LogP contribution < -0.4 is 9.47 Å². The number of aryl methyl sites for hydroxylation is 1. The van der Waals surface area contributed by atoms with Gasteiger partial charge in [0.15, 0.2) is 6.29 Å². The zero-order chi connectivity index (χ0) is 16.4. The van der Waals surface area contributed by atoms with Crippen LogP contribution in [-0.4, -0.2) is 25.1 Å². The van der Waals surface area contributed by atoms with E-state index in [0.29, 0.717) is 23.6 Å². The molecule has 0 aliphatic carbocycles. The molecule has 0 atom stereocenters. The van der Waals surface area contributed by atoms with Gasteiger partial charge in [-0.15, -0.1) is 0 Å². The fourth-order valence-corrected chi connectivity index (χ4v) is 2.86. The van der Waals surface area contributed by atoms with Gasteiger partial charge >= 0.3 is 0 Å². The van der Waals surface area contributed by atoms with Crippen LogP contribution in [0.3, 0.4) is 0 Å². The van der Waals surface area contributed by atoms with E-state index in [0.717, 1.165) is 17.2 Å². The fourth-order valence-electron chi connectivity index (χ4n) is 2.86. The molecule has 0 spiro atoms. The van der Waals surface area contributed by atoms with E-state index in [1.807, 2.05) is 24.4 Å². The Bertz CT molecular complexity index is 864. The molecule has 0 aliphatic heterocycles. The van der Waals surface area contributed by atoms with Gasteiger partial charge in [-0.1, -0.05) is 24.3 Å². The molecule has 118 valence electrons. The Hall–Kier alpha value is -2.75. The van der Waals surface area contributed by atoms with Gasteiger partial charge in [-0.05, 0) is 18.1 Å². The van der Waals surface area contributed by atoms with Crippen molar-refractivity contribution in [1.82, 2.24) is 4.57 Å². The standard InChI is InChI=1S/C19H19NO3/c1-13-6-4-5-7-14(13)10-20-11-15(12-21)19-17(20)8-16(22-2)9-18(19)23-3/h4-9,11-12H,10H2,1-3H3. The maximum absolute atomic E-state index is 11.5. The molecular weight excluding hydrogens is 290 g/mol. The van der Waals surface area contributed by atoms with E-state index in [9.17, 15) is 4.79 Å². The summed E-state index contributed by atoms with van der Waals surface area (Å²) in [7, 11) is 3.22. The third kappa shape index (κ3) is 2.68. The summed E-state index contributed by atoms with van der Waals surface area (Å²) in [5.41, 5.74) is 3.97. The van der Waals surface area contributed by atoms with Gasteiger partial charge in [-0.25, -0.2) is 0 Å². The molecule has 0 radical (unpaired) electrons. The number of carbonyl (C=O) groups excluding carboxylic acids is 1. The Kier molecular flexibility index (Phi) is 4.06. The van der Waals surface area contributed by atoms with Crippen LogP contribution in [0.25, 0.3) is 10.9 Å². The topological polar surface area (TPSA) is 40.5 Å². The maximum atomic E-state index is 11.5. The Labute approximate surface area is 135 Å². The van der Waals surface area contributed by atoms with Crippen LogP contribution in [-0.2, 0) is 6.54 Å². The first kappa shape index (κ1) is 15.2. The van der Waals surface area contributed by atoms with E-state index in [-0.39, 0.29) is 0 Å². The monoisotopic (exact) mass is 309 g/mol. The zero-order valence-corrected chi connectivity index (χ0v) is 13.5. The van der Waals surface area contributed by atoms with Crippen LogP contribution in [0.1, 0.15) is 21.5 Å². The number of aromatic nitrogens is 1. The van der Waals surface area contributed by atoms with Crippen LogP contribution in [0, 0.1) is 6.92 Å². The van der Waals surface area contributed by atoms with E-state index in [1.54, 1.807) is 20.3 Å². The molecule has 0 saturated heterocycles. The second-order valence-corrected chi connectivity index (χ2v) is 5.48. The highest BCUT2D eigenvalue weighted by molar-refractivity contribution is 6.02. The summed E-state index contributed by atoms with van der Waals surface area (Å²) in [5, 5.41) is 0.817. The molecule has 23 heavy (non-hydrogen) atoms. The van der Waals surface area contributed by atoms with E-state index >= 15 is 0 Å². The summed E-state index contributed by atoms with van der Waals surface area (Å²) >= 11 is 0. The predicted molar refractivity (Wildman–Crippen MR) is 90.7 cm³/mol. The van der Waals surface area contributed by atoms with Crippen molar-refractivity contribution < 1.29 is 14.3 Å². The van der Waals surface area contributed by atoms with E-state index in [1.165, 1.54) is 11.1 Å². The van der Waals surface area contributed by atoms with Gasteiger partial charge in [0, 0.05) is 30.4 Å². The fraction of sp³-hybridized carbons (Fsp3) is 0.211. The van der Waals surface area contributed by atoms with E-state index in [2.05, 4.69) is 23.6 Å². The Morgan fingerprint density at radius 1 is 1.13 bits per heavy atom. The highest BCUT2D eigenvalue weighted by atomic mass is 16.5. The van der Waals surface area contributed by atoms with Crippen LogP contribution in [0.4, 0.5) is 0 Å². The highest BCUT2D eigenvalue weighted by Crippen LogP contribution is 2.34. The summed E-state index contributed by atoms with van der Waals surface area (Å²) in [5.74, 6) is 1.35. The molecule has 0 aliphatic rings. The number of fused-ring (bicyclic) bond motifs is 1. The van der Waals surface area contributed by atoms with Crippen LogP contribution in [0.15, 0.2) is 42.6 Å². The quantitative estimate of drug-likeness (QED) is 0.673. The summed E-state index contributed by atoms with van der Waals surface area (Å²) in [6.45, 7) is 2.77. The van der Waals surface area contributed by atoms with Gasteiger partial charge in [-0.3, -0.25) is 4.79 Å². The maximum Gasteiger partial charge on any atom is 0.152 e. The lowest BCUT2D eigenvalue weighted by Gasteiger charge is -2.11. The third-order valence-corrected chi connectivity index (χ3v) is 4.13. The molecule has 0 unspecified atom stereocenters. The molecule has 4 heteroatoms. The van der Waals surface area contributed by atoms with Crippen molar-refractivity contribution in [3.8, 4) is 11.5 Å². The molecule has 0 fully saturated rings. The molecule has 3 aromatic rings. The lowest BCUT2D eigenvalue weighted by molar-refractivity contribution is 0.112. The molecule has 0 N–H and O–H groups in total. The number of methoxy groups -OCH3 is 2. The predicted octanol–water partition coefficient (Wildman–Crippen LogP) is 3.83. The zero-order valence-electron chi connectivity index (χ0n) is 13.5. The number of ether oxygens (including phenoxy) is 2. The van der Waals surface area contributed by atoms with Gasteiger partial charge in [0.05, 0.1) is 25.1 Å². The SMILES string of the molecule is COc1cc(OC)c2c(C=O)cn(Cc3ccccc3C)c2c1. The molecular formula is C19H19NO3. The second-order valence-electron chi connectivity index (χ2n) is 5.48. The lowest BCUT2D eigenvalue weighted by Crippen LogP contribution is -2.00. The first-order valence-corrected chi connectivity index (χ1v) is 7.42. The van der Waals surface area contributed by atoms with Crippen molar-refractivity contribution >= 4 is 17.2 Å². The summed E-state index contributed by atoms with van der Waals surface area (Å²) in [4.78, 5) is 11.5. The van der Waals surface area contributed by atoms with Crippen molar-refractivity contribution in [3.63, 3.8) is 0 Å². The molecule has 4 nitrogen and oxygen atoms in total. The third-order valence-electron chi connectivity index (χ3n) is 4.13. The van der Waals surface area contributed by atoms with Crippen molar-refractivity contribution in [3.05, 3.63) is 59.3 Å². The molecule has 0 saturated carbocycles. The van der Waals surface area contributed by atoms with Crippen LogP contribution in [0.2, 0.25) is 0 Å². The molecule has 0 bridgehead atoms. The molecule has 1 aromatic heterocycles. The van der Waals surface area contributed by atoms with Gasteiger partial charge in [0.1, 0.15) is 11.5 Å². The van der Waals surface area contributed by atoms with E-state index < -0.39 is 0 Å². The minimum atomic E-state index is 0.619. The smallest absolute Gasteiger partial charge is 0.152 e. The molecule has 1 heterocycles. The summed E-state index contributed by atoms with van der Waals surface area (Å²) in [6, 6.07) is 12.0. The number of carbonyl (C=O) groups is 1. The van der Waals surface area contributed by atoms with Gasteiger partial charge in [0.2, 0.25) is 0 Å². The van der Waals surface area contributed by atoms with Crippen molar-refractivity contribution in [2.24, 2.45) is 0 Å². The molecule has 3 rings (SSSR count). The Morgan fingerprint density at radius 3 is 2.57 bits per heavy atom. The number of rotatable bonds is 5. The largest absolute Gasteiger partial charge is 0.497 e. The van der Waals surface area contributed by atoms with Crippen LogP contribution >= 0.6 is 0 Å². The summed E-state index contributed by atoms with van der Waals surface area (Å²) < 4.78 is 12.9. The minimum absolute atomic E-state index is 0.619. The highest BCUT2D eigenvalue weighted by Gasteiger charge is 2.15. The average Bonchev–Trinajstić information content (AvgIpc) is 2.94. The number of hydrogen-bond acceptors (Lipinski definition) is 3. The first-order chi connectivity index (χ1) is 11.2. The number of benzene rings is 2. The van der Waals surface area contributed by atoms with Crippen molar-refractivity contribution in [2.45, 2.75) is 13.5 Å². The Balaban J connectivity index is 2.21.